The first-order valence-electron chi connectivity index (χ1n) is 5.58. The van der Waals surface area contributed by atoms with E-state index in [2.05, 4.69) is 16.6 Å². The summed E-state index contributed by atoms with van der Waals surface area (Å²) >= 11 is 0. The SMILES string of the molecule is NC(=O)N/N=C1/C=C2CCCC[C@H]2CC1. The van der Waals surface area contributed by atoms with Gasteiger partial charge in [-0.05, 0) is 44.1 Å². The lowest BCUT2D eigenvalue weighted by Gasteiger charge is -2.29. The summed E-state index contributed by atoms with van der Waals surface area (Å²) < 4.78 is 0. The molecule has 0 aromatic carbocycles. The van der Waals surface area contributed by atoms with Gasteiger partial charge >= 0.3 is 6.03 Å². The zero-order valence-electron chi connectivity index (χ0n) is 8.83. The van der Waals surface area contributed by atoms with Crippen molar-refractivity contribution in [2.45, 2.75) is 38.5 Å². The van der Waals surface area contributed by atoms with Gasteiger partial charge in [-0.15, -0.1) is 0 Å². The quantitative estimate of drug-likeness (QED) is 0.634. The fourth-order valence-electron chi connectivity index (χ4n) is 2.45. The molecule has 2 aliphatic rings. The number of hydrogen-bond acceptors (Lipinski definition) is 2. The molecule has 0 aromatic rings. The van der Waals surface area contributed by atoms with Crippen LogP contribution in [0.3, 0.4) is 0 Å². The maximum absolute atomic E-state index is 10.5. The normalized spacial score (nSPS) is 28.1. The lowest BCUT2D eigenvalue weighted by atomic mass is 9.77. The van der Waals surface area contributed by atoms with Gasteiger partial charge in [-0.3, -0.25) is 0 Å². The molecule has 0 bridgehead atoms. The van der Waals surface area contributed by atoms with Crippen LogP contribution in [0.1, 0.15) is 38.5 Å². The maximum atomic E-state index is 10.5. The third kappa shape index (κ3) is 2.58. The van der Waals surface area contributed by atoms with Crippen molar-refractivity contribution >= 4 is 11.7 Å². The van der Waals surface area contributed by atoms with Gasteiger partial charge in [0.1, 0.15) is 0 Å². The molecule has 3 N–H and O–H groups in total. The van der Waals surface area contributed by atoms with Crippen LogP contribution in [0, 0.1) is 5.92 Å². The Hall–Kier alpha value is -1.32. The summed E-state index contributed by atoms with van der Waals surface area (Å²) in [5.41, 5.74) is 9.73. The van der Waals surface area contributed by atoms with Crippen molar-refractivity contribution in [1.82, 2.24) is 5.43 Å². The van der Waals surface area contributed by atoms with E-state index in [1.165, 1.54) is 37.7 Å². The van der Waals surface area contributed by atoms with Gasteiger partial charge in [0.05, 0.1) is 5.71 Å². The summed E-state index contributed by atoms with van der Waals surface area (Å²) in [7, 11) is 0. The Bertz CT molecular complexity index is 320. The Morgan fingerprint density at radius 1 is 1.40 bits per heavy atom. The molecule has 4 nitrogen and oxygen atoms in total. The van der Waals surface area contributed by atoms with Crippen LogP contribution in [0.15, 0.2) is 16.8 Å². The first kappa shape index (κ1) is 10.2. The van der Waals surface area contributed by atoms with Crippen molar-refractivity contribution in [1.29, 1.82) is 0 Å². The first-order valence-corrected chi connectivity index (χ1v) is 5.58. The minimum atomic E-state index is -0.591. The van der Waals surface area contributed by atoms with Crippen LogP contribution >= 0.6 is 0 Å². The molecule has 2 aliphatic carbocycles. The minimum absolute atomic E-state index is 0.591. The molecule has 15 heavy (non-hydrogen) atoms. The standard InChI is InChI=1S/C11H17N3O/c12-11(15)14-13-10-6-5-8-3-1-2-4-9(8)7-10/h7-8H,1-6H2,(H3,12,14,15)/b13-10+/t8-/m0/s1. The number of nitrogens with zero attached hydrogens (tertiary/aromatic N) is 1. The number of carbonyl (C=O) groups excluding carboxylic acids is 1. The van der Waals surface area contributed by atoms with Gasteiger partial charge in [0.15, 0.2) is 0 Å². The molecular weight excluding hydrogens is 190 g/mol. The van der Waals surface area contributed by atoms with Gasteiger partial charge < -0.3 is 5.73 Å². The van der Waals surface area contributed by atoms with Gasteiger partial charge in [0.25, 0.3) is 0 Å². The summed E-state index contributed by atoms with van der Waals surface area (Å²) in [6.07, 6.45) is 9.43. The third-order valence-electron chi connectivity index (χ3n) is 3.20. The third-order valence-corrected chi connectivity index (χ3v) is 3.20. The molecule has 1 atom stereocenters. The zero-order valence-corrected chi connectivity index (χ0v) is 8.83. The predicted molar refractivity (Wildman–Crippen MR) is 59.4 cm³/mol. The molecule has 0 radical (unpaired) electrons. The Kier molecular flexibility index (Phi) is 3.04. The summed E-state index contributed by atoms with van der Waals surface area (Å²) in [4.78, 5) is 10.5. The number of hydrogen-bond donors (Lipinski definition) is 2. The summed E-state index contributed by atoms with van der Waals surface area (Å²) in [5.74, 6) is 0.770. The highest BCUT2D eigenvalue weighted by Crippen LogP contribution is 2.35. The predicted octanol–water partition coefficient (Wildman–Crippen LogP) is 1.92. The molecule has 0 heterocycles. The molecule has 1 saturated carbocycles. The molecule has 82 valence electrons. The van der Waals surface area contributed by atoms with Crippen LogP contribution in [0.5, 0.6) is 0 Å². The van der Waals surface area contributed by atoms with Gasteiger partial charge in [0, 0.05) is 0 Å². The molecule has 0 spiro atoms. The fraction of sp³-hybridized carbons (Fsp3) is 0.636. The Morgan fingerprint density at radius 2 is 2.27 bits per heavy atom. The number of hydrazone groups is 1. The van der Waals surface area contributed by atoms with Crippen LogP contribution in [0.25, 0.3) is 0 Å². The van der Waals surface area contributed by atoms with Crippen molar-refractivity contribution in [3.05, 3.63) is 11.6 Å². The number of amides is 2. The van der Waals surface area contributed by atoms with Crippen molar-refractivity contribution < 1.29 is 4.79 Å². The Balaban J connectivity index is 2.05. The van der Waals surface area contributed by atoms with Gasteiger partial charge in [-0.25, -0.2) is 10.2 Å². The summed E-state index contributed by atoms with van der Waals surface area (Å²) in [6, 6.07) is -0.591. The van der Waals surface area contributed by atoms with Crippen molar-refractivity contribution in [3.63, 3.8) is 0 Å². The van der Waals surface area contributed by atoms with E-state index < -0.39 is 6.03 Å². The number of fused-ring (bicyclic) bond motifs is 1. The average molecular weight is 207 g/mol. The fourth-order valence-corrected chi connectivity index (χ4v) is 2.45. The molecule has 1 fully saturated rings. The number of nitrogens with one attached hydrogen (secondary N) is 1. The molecule has 0 aromatic heterocycles. The largest absolute Gasteiger partial charge is 0.350 e. The van der Waals surface area contributed by atoms with Crippen LogP contribution in [0.4, 0.5) is 4.79 Å². The molecule has 2 amide bonds. The number of carbonyl (C=O) groups is 1. The van der Waals surface area contributed by atoms with Gasteiger partial charge in [-0.2, -0.15) is 5.10 Å². The lowest BCUT2D eigenvalue weighted by molar-refractivity contribution is 0.249. The highest BCUT2D eigenvalue weighted by atomic mass is 16.2. The molecular formula is C11H17N3O. The van der Waals surface area contributed by atoms with Gasteiger partial charge in [-0.1, -0.05) is 12.0 Å². The van der Waals surface area contributed by atoms with E-state index in [0.717, 1.165) is 18.1 Å². The van der Waals surface area contributed by atoms with Crippen molar-refractivity contribution in [2.75, 3.05) is 0 Å². The molecule has 0 unspecified atom stereocenters. The molecule has 2 rings (SSSR count). The van der Waals surface area contributed by atoms with E-state index in [0.29, 0.717) is 0 Å². The lowest BCUT2D eigenvalue weighted by Crippen LogP contribution is -2.26. The Morgan fingerprint density at radius 3 is 3.07 bits per heavy atom. The molecule has 0 aliphatic heterocycles. The van der Waals surface area contributed by atoms with Crippen LogP contribution in [-0.2, 0) is 0 Å². The maximum Gasteiger partial charge on any atom is 0.332 e. The number of allylic oxidation sites excluding steroid dienone is 2. The summed E-state index contributed by atoms with van der Waals surface area (Å²) in [6.45, 7) is 0. The number of primary amides is 1. The monoisotopic (exact) mass is 207 g/mol. The second kappa shape index (κ2) is 4.47. The smallest absolute Gasteiger partial charge is 0.332 e. The molecule has 0 saturated heterocycles. The van der Waals surface area contributed by atoms with Crippen LogP contribution in [-0.4, -0.2) is 11.7 Å². The van der Waals surface area contributed by atoms with E-state index >= 15 is 0 Å². The zero-order chi connectivity index (χ0) is 10.7. The highest BCUT2D eigenvalue weighted by Gasteiger charge is 2.23. The van der Waals surface area contributed by atoms with E-state index in [1.807, 2.05) is 0 Å². The van der Waals surface area contributed by atoms with Crippen molar-refractivity contribution in [3.8, 4) is 0 Å². The van der Waals surface area contributed by atoms with Crippen LogP contribution < -0.4 is 11.2 Å². The van der Waals surface area contributed by atoms with Crippen molar-refractivity contribution in [2.24, 2.45) is 16.8 Å². The topological polar surface area (TPSA) is 67.5 Å². The van der Waals surface area contributed by atoms with E-state index in [4.69, 9.17) is 5.73 Å². The second-order valence-electron chi connectivity index (χ2n) is 4.28. The average Bonchev–Trinajstić information content (AvgIpc) is 2.26. The summed E-state index contributed by atoms with van der Waals surface area (Å²) in [5, 5.41) is 3.99. The van der Waals surface area contributed by atoms with Gasteiger partial charge in [0.2, 0.25) is 0 Å². The second-order valence-corrected chi connectivity index (χ2v) is 4.28. The minimum Gasteiger partial charge on any atom is -0.350 e. The van der Waals surface area contributed by atoms with E-state index in [1.54, 1.807) is 0 Å². The van der Waals surface area contributed by atoms with Crippen LogP contribution in [0.2, 0.25) is 0 Å². The number of nitrogens with two attached hydrogens (primary N) is 1. The Labute approximate surface area is 89.6 Å². The first-order chi connectivity index (χ1) is 7.25. The van der Waals surface area contributed by atoms with E-state index in [9.17, 15) is 4.79 Å². The molecule has 4 heteroatoms. The van der Waals surface area contributed by atoms with E-state index in [-0.39, 0.29) is 0 Å². The number of rotatable bonds is 1. The highest BCUT2D eigenvalue weighted by molar-refractivity contribution is 5.97. The number of urea groups is 1.